The number of hydrogen-bond donors (Lipinski definition) is 6. The molecule has 5 unspecified atom stereocenters. The highest BCUT2D eigenvalue weighted by Crippen LogP contribution is 2.27. The van der Waals surface area contributed by atoms with Gasteiger partial charge < -0.3 is 40.1 Å². The monoisotopic (exact) mass is 476 g/mol. The number of phenols is 3. The van der Waals surface area contributed by atoms with Crippen molar-refractivity contribution >= 4 is 5.78 Å². The largest absolute Gasteiger partial charge is 0.508 e. The average molecular weight is 477 g/mol. The van der Waals surface area contributed by atoms with Crippen molar-refractivity contribution in [1.82, 2.24) is 0 Å². The van der Waals surface area contributed by atoms with Crippen molar-refractivity contribution in [1.29, 1.82) is 0 Å². The molecule has 5 atom stereocenters. The Morgan fingerprint density at radius 1 is 0.941 bits per heavy atom. The zero-order valence-corrected chi connectivity index (χ0v) is 18.8. The Morgan fingerprint density at radius 2 is 1.65 bits per heavy atom. The maximum Gasteiger partial charge on any atom is 0.186 e. The first kappa shape index (κ1) is 25.9. The highest BCUT2D eigenvalue weighted by molar-refractivity contribution is 5.78. The molecule has 3 rings (SSSR count). The minimum atomic E-state index is -1.41. The second-order valence-corrected chi connectivity index (χ2v) is 8.72. The molecular weight excluding hydrogens is 444 g/mol. The van der Waals surface area contributed by atoms with E-state index in [0.717, 1.165) is 11.1 Å². The molecule has 0 aromatic heterocycles. The smallest absolute Gasteiger partial charge is 0.186 e. The summed E-state index contributed by atoms with van der Waals surface area (Å²) in [4.78, 5) is 12.7. The van der Waals surface area contributed by atoms with Crippen molar-refractivity contribution in [3.8, 4) is 17.2 Å². The number of aliphatic hydroxyl groups excluding tert-OH is 3. The molecule has 1 aliphatic heterocycles. The summed E-state index contributed by atoms with van der Waals surface area (Å²) >= 11 is 0. The zero-order valence-electron chi connectivity index (χ0n) is 18.8. The summed E-state index contributed by atoms with van der Waals surface area (Å²) in [6.45, 7) is -0.0918. The van der Waals surface area contributed by atoms with E-state index >= 15 is 0 Å². The molecule has 1 heterocycles. The first-order valence-electron chi connectivity index (χ1n) is 11.3. The highest BCUT2D eigenvalue weighted by Gasteiger charge is 2.38. The standard InChI is InChI=1S/C25H32O9/c26-18-7-3-15(4-8-18)5-9-19(27)11-17(2-1-16-6-10-20(28)21(29)12-16)13-33-25-24(32)23(31)22(30)14-34-25/h3-4,6-8,10,12,17,22-26,28-32H,1-2,5,9,11,13-14H2. The summed E-state index contributed by atoms with van der Waals surface area (Å²) in [6.07, 6.45) is -3.00. The lowest BCUT2D eigenvalue weighted by molar-refractivity contribution is -0.272. The summed E-state index contributed by atoms with van der Waals surface area (Å²) < 4.78 is 11.0. The highest BCUT2D eigenvalue weighted by atomic mass is 16.7. The summed E-state index contributed by atoms with van der Waals surface area (Å²) in [6, 6.07) is 11.2. The molecule has 2 aromatic carbocycles. The van der Waals surface area contributed by atoms with Gasteiger partial charge in [0.05, 0.1) is 13.2 Å². The summed E-state index contributed by atoms with van der Waals surface area (Å²) in [7, 11) is 0. The molecule has 34 heavy (non-hydrogen) atoms. The van der Waals surface area contributed by atoms with Gasteiger partial charge in [-0.2, -0.15) is 0 Å². The Kier molecular flexibility index (Phi) is 9.26. The number of phenolic OH excluding ortho intramolecular Hbond substituents is 3. The Hall–Kier alpha value is -2.69. The molecule has 1 aliphatic rings. The van der Waals surface area contributed by atoms with E-state index in [-0.39, 0.29) is 48.6 Å². The van der Waals surface area contributed by atoms with E-state index in [1.807, 2.05) is 0 Å². The van der Waals surface area contributed by atoms with Gasteiger partial charge in [-0.05, 0) is 60.6 Å². The van der Waals surface area contributed by atoms with E-state index in [4.69, 9.17) is 9.47 Å². The molecule has 0 bridgehead atoms. The van der Waals surface area contributed by atoms with Crippen LogP contribution in [0.3, 0.4) is 0 Å². The van der Waals surface area contributed by atoms with Crippen molar-refractivity contribution in [2.45, 2.75) is 56.7 Å². The predicted octanol–water partition coefficient (Wildman–Crippen LogP) is 1.40. The zero-order chi connectivity index (χ0) is 24.7. The van der Waals surface area contributed by atoms with Gasteiger partial charge in [0.15, 0.2) is 17.8 Å². The van der Waals surface area contributed by atoms with Gasteiger partial charge in [-0.25, -0.2) is 0 Å². The third kappa shape index (κ3) is 7.41. The van der Waals surface area contributed by atoms with E-state index < -0.39 is 24.6 Å². The van der Waals surface area contributed by atoms with Crippen LogP contribution in [0.1, 0.15) is 30.4 Å². The topological polar surface area (TPSA) is 157 Å². The number of rotatable bonds is 11. The van der Waals surface area contributed by atoms with Crippen molar-refractivity contribution < 1.29 is 44.9 Å². The maximum atomic E-state index is 12.7. The van der Waals surface area contributed by atoms with Gasteiger partial charge >= 0.3 is 0 Å². The Labute approximate surface area is 197 Å². The molecule has 1 fully saturated rings. The van der Waals surface area contributed by atoms with Crippen LogP contribution in [-0.4, -0.2) is 74.2 Å². The minimum absolute atomic E-state index is 0.0239. The molecule has 0 amide bonds. The van der Waals surface area contributed by atoms with Gasteiger partial charge in [-0.3, -0.25) is 4.79 Å². The average Bonchev–Trinajstić information content (AvgIpc) is 2.82. The van der Waals surface area contributed by atoms with Gasteiger partial charge in [0, 0.05) is 12.8 Å². The van der Waals surface area contributed by atoms with E-state index in [0.29, 0.717) is 25.7 Å². The summed E-state index contributed by atoms with van der Waals surface area (Å²) in [5, 5.41) is 58.2. The van der Waals surface area contributed by atoms with Gasteiger partial charge in [-0.15, -0.1) is 0 Å². The van der Waals surface area contributed by atoms with Gasteiger partial charge in [0.1, 0.15) is 29.8 Å². The third-order valence-electron chi connectivity index (χ3n) is 5.98. The lowest BCUT2D eigenvalue weighted by Crippen LogP contribution is -2.54. The van der Waals surface area contributed by atoms with Crippen molar-refractivity contribution in [3.63, 3.8) is 0 Å². The Bertz CT molecular complexity index is 930. The van der Waals surface area contributed by atoms with Crippen LogP contribution in [0.4, 0.5) is 0 Å². The van der Waals surface area contributed by atoms with Crippen LogP contribution < -0.4 is 0 Å². The number of ketones is 1. The van der Waals surface area contributed by atoms with Crippen LogP contribution >= 0.6 is 0 Å². The van der Waals surface area contributed by atoms with Crippen molar-refractivity contribution in [3.05, 3.63) is 53.6 Å². The van der Waals surface area contributed by atoms with Crippen LogP contribution in [0, 0.1) is 5.92 Å². The van der Waals surface area contributed by atoms with Crippen LogP contribution in [0.15, 0.2) is 42.5 Å². The van der Waals surface area contributed by atoms with Gasteiger partial charge in [0.25, 0.3) is 0 Å². The van der Waals surface area contributed by atoms with E-state index in [1.165, 1.54) is 12.1 Å². The molecule has 9 heteroatoms. The second kappa shape index (κ2) is 12.1. The first-order chi connectivity index (χ1) is 16.2. The van der Waals surface area contributed by atoms with Crippen LogP contribution in [-0.2, 0) is 27.1 Å². The van der Waals surface area contributed by atoms with Crippen LogP contribution in [0.2, 0.25) is 0 Å². The quantitative estimate of drug-likeness (QED) is 0.264. The molecule has 9 nitrogen and oxygen atoms in total. The lowest BCUT2D eigenvalue weighted by Gasteiger charge is -2.35. The third-order valence-corrected chi connectivity index (χ3v) is 5.98. The molecule has 2 aromatic rings. The molecule has 0 spiro atoms. The molecule has 0 radical (unpaired) electrons. The van der Waals surface area contributed by atoms with Gasteiger partial charge in [-0.1, -0.05) is 18.2 Å². The predicted molar refractivity (Wildman–Crippen MR) is 121 cm³/mol. The number of aryl methyl sites for hydroxylation is 2. The second-order valence-electron chi connectivity index (χ2n) is 8.72. The number of carbonyl (C=O) groups excluding carboxylic acids is 1. The van der Waals surface area contributed by atoms with Gasteiger partial charge in [0.2, 0.25) is 0 Å². The number of aromatic hydroxyl groups is 3. The van der Waals surface area contributed by atoms with E-state index in [2.05, 4.69) is 0 Å². The molecule has 0 aliphatic carbocycles. The first-order valence-corrected chi connectivity index (χ1v) is 11.3. The number of Topliss-reactive ketones (excluding diaryl/α,β-unsaturated/α-hetero) is 1. The minimum Gasteiger partial charge on any atom is -0.508 e. The fraction of sp³-hybridized carbons (Fsp3) is 0.480. The summed E-state index contributed by atoms with van der Waals surface area (Å²) in [5.74, 6) is -0.477. The lowest BCUT2D eigenvalue weighted by atomic mass is 9.93. The SMILES string of the molecule is O=C(CCc1ccc(O)cc1)CC(CCc1ccc(O)c(O)c1)COC1OCC(O)C(O)C1O. The van der Waals surface area contributed by atoms with Crippen molar-refractivity contribution in [2.75, 3.05) is 13.2 Å². The number of ether oxygens (including phenoxy) is 2. The van der Waals surface area contributed by atoms with Crippen LogP contribution in [0.5, 0.6) is 17.2 Å². The fourth-order valence-corrected chi connectivity index (χ4v) is 3.87. The number of carbonyl (C=O) groups is 1. The van der Waals surface area contributed by atoms with E-state index in [9.17, 15) is 35.4 Å². The number of benzene rings is 2. The molecule has 6 N–H and O–H groups in total. The molecular formula is C25H32O9. The molecule has 186 valence electrons. The van der Waals surface area contributed by atoms with E-state index in [1.54, 1.807) is 30.3 Å². The number of aliphatic hydroxyl groups is 3. The van der Waals surface area contributed by atoms with Crippen LogP contribution in [0.25, 0.3) is 0 Å². The molecule has 1 saturated heterocycles. The van der Waals surface area contributed by atoms with Crippen molar-refractivity contribution in [2.24, 2.45) is 5.92 Å². The number of hydrogen-bond acceptors (Lipinski definition) is 9. The summed E-state index contributed by atoms with van der Waals surface area (Å²) in [5.41, 5.74) is 1.72. The normalized spacial score (nSPS) is 23.5. The Morgan fingerprint density at radius 3 is 2.35 bits per heavy atom. The fourth-order valence-electron chi connectivity index (χ4n) is 3.87. The molecule has 0 saturated carbocycles. The Balaban J connectivity index is 1.58. The maximum absolute atomic E-state index is 12.7.